The summed E-state index contributed by atoms with van der Waals surface area (Å²) in [4.78, 5) is 0. The SMILES string of the molecule is CCC([SiH3])CC(C)Cl. The normalized spacial score (nSPS) is 18.4. The van der Waals surface area contributed by atoms with Gasteiger partial charge in [0.25, 0.3) is 0 Å². The van der Waals surface area contributed by atoms with Gasteiger partial charge in [0.2, 0.25) is 0 Å². The van der Waals surface area contributed by atoms with Gasteiger partial charge in [0.1, 0.15) is 0 Å². The van der Waals surface area contributed by atoms with E-state index in [1.165, 1.54) is 23.1 Å². The second-order valence-electron chi connectivity index (χ2n) is 2.53. The van der Waals surface area contributed by atoms with E-state index in [1.54, 1.807) is 0 Å². The Bertz CT molecular complexity index is 54.5. The quantitative estimate of drug-likeness (QED) is 0.423. The van der Waals surface area contributed by atoms with Crippen LogP contribution in [0.1, 0.15) is 26.7 Å². The average Bonchev–Trinajstić information content (AvgIpc) is 1.65. The van der Waals surface area contributed by atoms with Crippen LogP contribution in [0.5, 0.6) is 0 Å². The van der Waals surface area contributed by atoms with Crippen LogP contribution in [-0.4, -0.2) is 15.6 Å². The summed E-state index contributed by atoms with van der Waals surface area (Å²) in [6.45, 7) is 4.30. The van der Waals surface area contributed by atoms with Gasteiger partial charge in [-0.2, -0.15) is 0 Å². The molecule has 0 rings (SSSR count). The molecule has 0 saturated heterocycles. The smallest absolute Gasteiger partial charge is 0.0307 e. The van der Waals surface area contributed by atoms with E-state index in [4.69, 9.17) is 11.6 Å². The van der Waals surface area contributed by atoms with Crippen molar-refractivity contribution in [2.45, 2.75) is 37.6 Å². The van der Waals surface area contributed by atoms with Crippen molar-refractivity contribution in [3.8, 4) is 0 Å². The monoisotopic (exact) mass is 150 g/mol. The first-order valence-corrected chi connectivity index (χ1v) is 4.90. The van der Waals surface area contributed by atoms with Gasteiger partial charge < -0.3 is 0 Å². The van der Waals surface area contributed by atoms with Crippen molar-refractivity contribution in [1.82, 2.24) is 0 Å². The first-order chi connectivity index (χ1) is 3.66. The number of halogens is 1. The van der Waals surface area contributed by atoms with Crippen LogP contribution in [0.3, 0.4) is 0 Å². The Morgan fingerprint density at radius 3 is 2.25 bits per heavy atom. The molecule has 0 radical (unpaired) electrons. The van der Waals surface area contributed by atoms with Crippen molar-refractivity contribution in [1.29, 1.82) is 0 Å². The molecule has 0 bridgehead atoms. The van der Waals surface area contributed by atoms with Crippen LogP contribution in [0.2, 0.25) is 5.54 Å². The molecule has 8 heavy (non-hydrogen) atoms. The van der Waals surface area contributed by atoms with Crippen molar-refractivity contribution in [3.63, 3.8) is 0 Å². The highest BCUT2D eigenvalue weighted by Crippen LogP contribution is 2.15. The summed E-state index contributed by atoms with van der Waals surface area (Å²) < 4.78 is 0. The maximum atomic E-state index is 5.77. The Balaban J connectivity index is 3.10. The summed E-state index contributed by atoms with van der Waals surface area (Å²) in [5, 5.41) is 0.387. The predicted molar refractivity (Wildman–Crippen MR) is 43.9 cm³/mol. The number of rotatable bonds is 3. The van der Waals surface area contributed by atoms with Crippen LogP contribution in [-0.2, 0) is 0 Å². The van der Waals surface area contributed by atoms with Gasteiger partial charge in [0.05, 0.1) is 0 Å². The summed E-state index contributed by atoms with van der Waals surface area (Å²) in [6.07, 6.45) is 2.52. The van der Waals surface area contributed by atoms with E-state index in [-0.39, 0.29) is 0 Å². The molecule has 2 unspecified atom stereocenters. The fourth-order valence-corrected chi connectivity index (χ4v) is 2.03. The average molecular weight is 151 g/mol. The Kier molecular flexibility index (Phi) is 4.67. The zero-order chi connectivity index (χ0) is 6.57. The molecule has 0 fully saturated rings. The van der Waals surface area contributed by atoms with Gasteiger partial charge in [0.15, 0.2) is 0 Å². The van der Waals surface area contributed by atoms with Crippen molar-refractivity contribution in [2.75, 3.05) is 0 Å². The van der Waals surface area contributed by atoms with Crippen LogP contribution in [0, 0.1) is 0 Å². The van der Waals surface area contributed by atoms with Gasteiger partial charge >= 0.3 is 0 Å². The van der Waals surface area contributed by atoms with E-state index in [9.17, 15) is 0 Å². The molecule has 0 amide bonds. The second kappa shape index (κ2) is 4.39. The molecular weight excluding hydrogens is 136 g/mol. The number of hydrogen-bond acceptors (Lipinski definition) is 0. The van der Waals surface area contributed by atoms with Crippen molar-refractivity contribution >= 4 is 21.8 Å². The maximum Gasteiger partial charge on any atom is 0.0307 e. The topological polar surface area (TPSA) is 0 Å². The predicted octanol–water partition coefficient (Wildman–Crippen LogP) is 1.57. The van der Waals surface area contributed by atoms with E-state index in [0.717, 1.165) is 5.54 Å². The van der Waals surface area contributed by atoms with Crippen LogP contribution in [0.4, 0.5) is 0 Å². The minimum Gasteiger partial charge on any atom is -0.123 e. The third-order valence-electron chi connectivity index (χ3n) is 1.42. The minimum absolute atomic E-state index is 0.387. The Morgan fingerprint density at radius 2 is 2.12 bits per heavy atom. The molecule has 0 N–H and O–H groups in total. The van der Waals surface area contributed by atoms with E-state index < -0.39 is 0 Å². The van der Waals surface area contributed by atoms with Gasteiger partial charge in [0, 0.05) is 15.6 Å². The third kappa shape index (κ3) is 4.66. The van der Waals surface area contributed by atoms with E-state index >= 15 is 0 Å². The van der Waals surface area contributed by atoms with Crippen LogP contribution >= 0.6 is 11.6 Å². The summed E-state index contributed by atoms with van der Waals surface area (Å²) >= 11 is 5.77. The molecule has 0 aliphatic rings. The lowest BCUT2D eigenvalue weighted by atomic mass is 10.2. The van der Waals surface area contributed by atoms with Gasteiger partial charge in [-0.05, 0) is 13.3 Å². The van der Waals surface area contributed by atoms with Gasteiger partial charge in [-0.25, -0.2) is 0 Å². The summed E-state index contributed by atoms with van der Waals surface area (Å²) in [5.41, 5.74) is 0.933. The summed E-state index contributed by atoms with van der Waals surface area (Å²) in [5.74, 6) is 0. The third-order valence-corrected chi connectivity index (χ3v) is 2.89. The first kappa shape index (κ1) is 8.51. The van der Waals surface area contributed by atoms with Crippen molar-refractivity contribution < 1.29 is 0 Å². The highest BCUT2D eigenvalue weighted by molar-refractivity contribution is 6.21. The summed E-state index contributed by atoms with van der Waals surface area (Å²) in [6, 6.07) is 0. The van der Waals surface area contributed by atoms with Gasteiger partial charge in [-0.3, -0.25) is 0 Å². The molecule has 2 atom stereocenters. The molecule has 0 aromatic carbocycles. The van der Waals surface area contributed by atoms with Crippen molar-refractivity contribution in [2.24, 2.45) is 0 Å². The van der Waals surface area contributed by atoms with Gasteiger partial charge in [-0.15, -0.1) is 11.6 Å². The molecule has 0 aromatic heterocycles. The highest BCUT2D eigenvalue weighted by Gasteiger charge is 2.01. The first-order valence-electron chi connectivity index (χ1n) is 3.30. The van der Waals surface area contributed by atoms with Crippen LogP contribution in [0.15, 0.2) is 0 Å². The Hall–Kier alpha value is 0.507. The number of alkyl halides is 1. The van der Waals surface area contributed by atoms with Crippen LogP contribution < -0.4 is 0 Å². The molecule has 2 heteroatoms. The highest BCUT2D eigenvalue weighted by atomic mass is 35.5. The Labute approximate surface area is 60.0 Å². The summed E-state index contributed by atoms with van der Waals surface area (Å²) in [7, 11) is 1.30. The lowest BCUT2D eigenvalue weighted by molar-refractivity contribution is 0.706. The van der Waals surface area contributed by atoms with E-state index in [1.807, 2.05) is 0 Å². The molecule has 0 aliphatic heterocycles. The molecule has 0 nitrogen and oxygen atoms in total. The van der Waals surface area contributed by atoms with Crippen molar-refractivity contribution in [3.05, 3.63) is 0 Å². The zero-order valence-corrected chi connectivity index (χ0v) is 8.70. The van der Waals surface area contributed by atoms with E-state index in [2.05, 4.69) is 13.8 Å². The minimum atomic E-state index is 0.387. The fourth-order valence-electron chi connectivity index (χ4n) is 0.721. The second-order valence-corrected chi connectivity index (χ2v) is 4.91. The zero-order valence-electron chi connectivity index (χ0n) is 5.95. The lowest BCUT2D eigenvalue weighted by Crippen LogP contribution is -1.98. The van der Waals surface area contributed by atoms with E-state index in [0.29, 0.717) is 5.38 Å². The molecule has 50 valence electrons. The molecule has 0 spiro atoms. The molecular formula is C6H15ClSi. The molecule has 0 heterocycles. The number of hydrogen-bond donors (Lipinski definition) is 0. The molecule has 0 aliphatic carbocycles. The standard InChI is InChI=1S/C6H15ClSi/c1-3-6(8)4-5(2)7/h5-6H,3-4H2,1-2,8H3. The largest absolute Gasteiger partial charge is 0.123 e. The molecule has 0 aromatic rings. The Morgan fingerprint density at radius 1 is 1.62 bits per heavy atom. The lowest BCUT2D eigenvalue weighted by Gasteiger charge is -2.07. The fraction of sp³-hybridized carbons (Fsp3) is 1.00. The van der Waals surface area contributed by atoms with Gasteiger partial charge in [-0.1, -0.05) is 18.9 Å². The maximum absolute atomic E-state index is 5.77. The molecule has 0 saturated carbocycles. The van der Waals surface area contributed by atoms with Crippen LogP contribution in [0.25, 0.3) is 0 Å².